The summed E-state index contributed by atoms with van der Waals surface area (Å²) < 4.78 is 38.3. The number of nitrogens with one attached hydrogen (secondary N) is 2. The molecule has 2 aromatic carbocycles. The third-order valence-corrected chi connectivity index (χ3v) is 6.33. The average Bonchev–Trinajstić information content (AvgIpc) is 3.38. The highest BCUT2D eigenvalue weighted by Crippen LogP contribution is 2.29. The highest BCUT2D eigenvalue weighted by atomic mass is 35.5. The lowest BCUT2D eigenvalue weighted by atomic mass is 10.1. The van der Waals surface area contributed by atoms with Crippen molar-refractivity contribution in [1.29, 1.82) is 0 Å². The van der Waals surface area contributed by atoms with Crippen LogP contribution in [-0.2, 0) is 19.3 Å². The summed E-state index contributed by atoms with van der Waals surface area (Å²) >= 11 is 12.0. The topological polar surface area (TPSA) is 70.1 Å². The van der Waals surface area contributed by atoms with Crippen LogP contribution >= 0.6 is 23.2 Å². The van der Waals surface area contributed by atoms with Crippen molar-refractivity contribution in [1.82, 2.24) is 15.3 Å². The Balaban J connectivity index is 1.47. The molecule has 1 aliphatic rings. The van der Waals surface area contributed by atoms with E-state index < -0.39 is 17.6 Å². The molecule has 2 heterocycles. The van der Waals surface area contributed by atoms with Gasteiger partial charge in [-0.25, -0.2) is 4.98 Å². The molecule has 1 aromatic heterocycles. The minimum absolute atomic E-state index is 0.0771. The van der Waals surface area contributed by atoms with Crippen molar-refractivity contribution in [3.05, 3.63) is 81.0 Å². The van der Waals surface area contributed by atoms with Crippen LogP contribution in [0.1, 0.15) is 39.9 Å². The van der Waals surface area contributed by atoms with Crippen molar-refractivity contribution in [2.45, 2.75) is 32.1 Å². The smallest absolute Gasteiger partial charge is 0.356 e. The maximum Gasteiger partial charge on any atom is 0.416 e. The normalized spacial score (nSPS) is 13.7. The molecule has 0 saturated carbocycles. The molecular weight excluding hydrogens is 502 g/mol. The first-order valence-corrected chi connectivity index (χ1v) is 11.7. The molecule has 0 unspecified atom stereocenters. The highest BCUT2D eigenvalue weighted by Gasteiger charge is 2.30. The zero-order valence-electron chi connectivity index (χ0n) is 18.5. The predicted molar refractivity (Wildman–Crippen MR) is 130 cm³/mol. The van der Waals surface area contributed by atoms with Crippen molar-refractivity contribution in [2.75, 3.05) is 23.3 Å². The van der Waals surface area contributed by atoms with Gasteiger partial charge in [-0.1, -0.05) is 41.4 Å². The SMILES string of the molecule is O=C(NCc1ccc(C(F)(F)F)cc1)c1cnc(NCc2ccc(Cl)c(Cl)c2)nc1N1CCCC1. The van der Waals surface area contributed by atoms with Crippen LogP contribution in [0.4, 0.5) is 24.9 Å². The summed E-state index contributed by atoms with van der Waals surface area (Å²) in [5.74, 6) is 0.471. The van der Waals surface area contributed by atoms with E-state index in [-0.39, 0.29) is 6.54 Å². The monoisotopic (exact) mass is 523 g/mol. The molecule has 11 heteroatoms. The molecule has 0 bridgehead atoms. The Labute approximate surface area is 210 Å². The summed E-state index contributed by atoms with van der Waals surface area (Å²) in [6.45, 7) is 2.02. The predicted octanol–water partition coefficient (Wildman–Crippen LogP) is 5.94. The zero-order chi connectivity index (χ0) is 25.0. The number of benzene rings is 2. The number of rotatable bonds is 7. The molecule has 184 valence electrons. The zero-order valence-corrected chi connectivity index (χ0v) is 20.0. The van der Waals surface area contributed by atoms with Gasteiger partial charge < -0.3 is 15.5 Å². The second-order valence-electron chi connectivity index (χ2n) is 8.10. The van der Waals surface area contributed by atoms with Gasteiger partial charge in [0.15, 0.2) is 0 Å². The van der Waals surface area contributed by atoms with Crippen LogP contribution in [0.25, 0.3) is 0 Å². The molecule has 0 spiro atoms. The van der Waals surface area contributed by atoms with Crippen LogP contribution in [-0.4, -0.2) is 29.0 Å². The maximum atomic E-state index is 12.9. The first kappa shape index (κ1) is 25.1. The van der Waals surface area contributed by atoms with Crippen LogP contribution in [0.2, 0.25) is 10.0 Å². The summed E-state index contributed by atoms with van der Waals surface area (Å²) in [6, 6.07) is 9.98. The van der Waals surface area contributed by atoms with Crippen LogP contribution in [0.5, 0.6) is 0 Å². The Hall–Kier alpha value is -3.04. The number of aromatic nitrogens is 2. The Kier molecular flexibility index (Phi) is 7.66. The van der Waals surface area contributed by atoms with Gasteiger partial charge in [-0.15, -0.1) is 0 Å². The van der Waals surface area contributed by atoms with Gasteiger partial charge in [0.05, 0.1) is 15.6 Å². The lowest BCUT2D eigenvalue weighted by molar-refractivity contribution is -0.137. The van der Waals surface area contributed by atoms with E-state index in [1.165, 1.54) is 18.3 Å². The third-order valence-electron chi connectivity index (χ3n) is 5.59. The molecule has 1 fully saturated rings. The Bertz CT molecular complexity index is 1200. The molecule has 3 aromatic rings. The molecular formula is C24H22Cl2F3N5O. The number of anilines is 2. The fourth-order valence-corrected chi connectivity index (χ4v) is 4.03. The molecule has 2 N–H and O–H groups in total. The highest BCUT2D eigenvalue weighted by molar-refractivity contribution is 6.42. The maximum absolute atomic E-state index is 12.9. The number of carbonyl (C=O) groups excluding carboxylic acids is 1. The Morgan fingerprint density at radius 2 is 1.66 bits per heavy atom. The van der Waals surface area contributed by atoms with Gasteiger partial charge in [0, 0.05) is 32.4 Å². The molecule has 1 saturated heterocycles. The van der Waals surface area contributed by atoms with Crippen molar-refractivity contribution in [2.24, 2.45) is 0 Å². The number of carbonyl (C=O) groups is 1. The van der Waals surface area contributed by atoms with E-state index >= 15 is 0 Å². The van der Waals surface area contributed by atoms with Crippen molar-refractivity contribution < 1.29 is 18.0 Å². The molecule has 35 heavy (non-hydrogen) atoms. The molecule has 1 amide bonds. The van der Waals surface area contributed by atoms with Crippen LogP contribution in [0.3, 0.4) is 0 Å². The molecule has 0 radical (unpaired) electrons. The number of hydrogen-bond acceptors (Lipinski definition) is 5. The third kappa shape index (κ3) is 6.35. The first-order chi connectivity index (χ1) is 16.7. The Morgan fingerprint density at radius 1 is 0.971 bits per heavy atom. The van der Waals surface area contributed by atoms with E-state index in [1.807, 2.05) is 11.0 Å². The van der Waals surface area contributed by atoms with Gasteiger partial charge in [0.1, 0.15) is 11.4 Å². The van der Waals surface area contributed by atoms with Gasteiger partial charge in [-0.05, 0) is 48.2 Å². The van der Waals surface area contributed by atoms with Crippen LogP contribution in [0, 0.1) is 0 Å². The van der Waals surface area contributed by atoms with E-state index in [1.54, 1.807) is 12.1 Å². The minimum atomic E-state index is -4.40. The average molecular weight is 524 g/mol. The fourth-order valence-electron chi connectivity index (χ4n) is 3.71. The summed E-state index contributed by atoms with van der Waals surface area (Å²) in [5.41, 5.74) is 1.01. The van der Waals surface area contributed by atoms with E-state index in [9.17, 15) is 18.0 Å². The number of amides is 1. The molecule has 0 aliphatic carbocycles. The van der Waals surface area contributed by atoms with Gasteiger partial charge in [-0.2, -0.15) is 18.2 Å². The number of nitrogens with zero attached hydrogens (tertiary/aromatic N) is 3. The molecule has 1 aliphatic heterocycles. The van der Waals surface area contributed by atoms with Gasteiger partial charge >= 0.3 is 6.18 Å². The van der Waals surface area contributed by atoms with E-state index in [0.717, 1.165) is 43.6 Å². The summed E-state index contributed by atoms with van der Waals surface area (Å²) in [7, 11) is 0. The van der Waals surface area contributed by atoms with Crippen molar-refractivity contribution in [3.8, 4) is 0 Å². The van der Waals surface area contributed by atoms with E-state index in [0.29, 0.717) is 39.5 Å². The van der Waals surface area contributed by atoms with E-state index in [2.05, 4.69) is 20.6 Å². The van der Waals surface area contributed by atoms with Gasteiger partial charge in [0.25, 0.3) is 5.91 Å². The minimum Gasteiger partial charge on any atom is -0.356 e. The van der Waals surface area contributed by atoms with Crippen LogP contribution < -0.4 is 15.5 Å². The quantitative estimate of drug-likeness (QED) is 0.400. The van der Waals surface area contributed by atoms with Gasteiger partial charge in [-0.3, -0.25) is 4.79 Å². The summed E-state index contributed by atoms with van der Waals surface area (Å²) in [4.78, 5) is 23.8. The van der Waals surface area contributed by atoms with Crippen molar-refractivity contribution >= 4 is 40.9 Å². The second kappa shape index (κ2) is 10.7. The molecule has 6 nitrogen and oxygen atoms in total. The van der Waals surface area contributed by atoms with E-state index in [4.69, 9.17) is 23.2 Å². The van der Waals surface area contributed by atoms with Crippen molar-refractivity contribution in [3.63, 3.8) is 0 Å². The number of alkyl halides is 3. The Morgan fingerprint density at radius 3 is 2.31 bits per heavy atom. The van der Waals surface area contributed by atoms with Crippen LogP contribution in [0.15, 0.2) is 48.7 Å². The first-order valence-electron chi connectivity index (χ1n) is 10.9. The summed E-state index contributed by atoms with van der Waals surface area (Å²) in [5, 5.41) is 6.81. The fraction of sp³-hybridized carbons (Fsp3) is 0.292. The number of hydrogen-bond donors (Lipinski definition) is 2. The molecule has 0 atom stereocenters. The van der Waals surface area contributed by atoms with Gasteiger partial charge in [0.2, 0.25) is 5.95 Å². The standard InChI is InChI=1S/C24H22Cl2F3N5O/c25-19-8-5-16(11-20(19)26)13-31-23-32-14-18(21(33-23)34-9-1-2-10-34)22(35)30-12-15-3-6-17(7-4-15)24(27,28)29/h3-8,11,14H,1-2,9-10,12-13H2,(H,30,35)(H,31,32,33). The lowest BCUT2D eigenvalue weighted by Gasteiger charge is -2.20. The second-order valence-corrected chi connectivity index (χ2v) is 8.92. The lowest BCUT2D eigenvalue weighted by Crippen LogP contribution is -2.28. The molecule has 4 rings (SSSR count). The number of halogens is 5. The largest absolute Gasteiger partial charge is 0.416 e. The summed E-state index contributed by atoms with van der Waals surface area (Å²) in [6.07, 6.45) is -0.968.